The number of benzene rings is 4. The molecule has 0 heterocycles. The van der Waals surface area contributed by atoms with Crippen molar-refractivity contribution in [1.82, 2.24) is 0 Å². The first-order chi connectivity index (χ1) is 18.1. The molecule has 4 aromatic carbocycles. The molecular formula is C32H32B4N2O. The molecule has 0 atom stereocenters. The summed E-state index contributed by atoms with van der Waals surface area (Å²) in [5.41, 5.74) is 14.0. The van der Waals surface area contributed by atoms with E-state index < -0.39 is 0 Å². The van der Waals surface area contributed by atoms with Crippen LogP contribution in [-0.2, 0) is 10.8 Å². The van der Waals surface area contributed by atoms with Crippen LogP contribution >= 0.6 is 0 Å². The van der Waals surface area contributed by atoms with Gasteiger partial charge >= 0.3 is 0 Å². The van der Waals surface area contributed by atoms with Crippen LogP contribution in [0, 0.1) is 0 Å². The van der Waals surface area contributed by atoms with Crippen molar-refractivity contribution in [2.45, 2.75) is 52.4 Å². The molecular weight excluding hydrogens is 472 g/mol. The van der Waals surface area contributed by atoms with Crippen molar-refractivity contribution >= 4 is 70.3 Å². The molecule has 0 aliphatic heterocycles. The van der Waals surface area contributed by atoms with Crippen molar-refractivity contribution in [3.8, 4) is 28.0 Å². The van der Waals surface area contributed by atoms with E-state index in [1.807, 2.05) is 42.5 Å². The zero-order valence-electron chi connectivity index (χ0n) is 23.6. The van der Waals surface area contributed by atoms with Crippen LogP contribution in [0.15, 0.2) is 60.7 Å². The molecule has 188 valence electrons. The van der Waals surface area contributed by atoms with Crippen molar-refractivity contribution in [3.63, 3.8) is 0 Å². The SMILES string of the molecule is [B]c1c([B])c(O)c([B])c(-c2cccc(-c3cc(C(C)(C)C)cc(C(C)(C)C)c3)c2Nc2ccccc2N)c1[B]. The fraction of sp³-hybridized carbons (Fsp3) is 0.250. The van der Waals surface area contributed by atoms with Gasteiger partial charge in [-0.3, -0.25) is 0 Å². The van der Waals surface area contributed by atoms with Gasteiger partial charge in [0.15, 0.2) is 0 Å². The number of nitrogen functional groups attached to an aromatic ring is 1. The maximum absolute atomic E-state index is 10.7. The predicted molar refractivity (Wildman–Crippen MR) is 172 cm³/mol. The summed E-state index contributed by atoms with van der Waals surface area (Å²) in [6.07, 6.45) is 0. The number of para-hydroxylation sites is 3. The molecule has 0 unspecified atom stereocenters. The first-order valence-electron chi connectivity index (χ1n) is 13.0. The Balaban J connectivity index is 2.11. The van der Waals surface area contributed by atoms with E-state index in [0.29, 0.717) is 16.8 Å². The Labute approximate surface area is 238 Å². The molecule has 0 amide bonds. The van der Waals surface area contributed by atoms with Gasteiger partial charge in [-0.25, -0.2) is 0 Å². The smallest absolute Gasteiger partial charge is 0.119 e. The fourth-order valence-corrected chi connectivity index (χ4v) is 4.64. The second-order valence-electron chi connectivity index (χ2n) is 12.1. The van der Waals surface area contributed by atoms with Crippen LogP contribution in [0.1, 0.15) is 52.7 Å². The van der Waals surface area contributed by atoms with Crippen LogP contribution in [0.2, 0.25) is 0 Å². The Morgan fingerprint density at radius 1 is 0.667 bits per heavy atom. The molecule has 0 saturated carbocycles. The monoisotopic (exact) mass is 504 g/mol. The minimum atomic E-state index is -0.294. The zero-order chi connectivity index (χ0) is 28.9. The Bertz CT molecular complexity index is 1500. The van der Waals surface area contributed by atoms with Crippen molar-refractivity contribution in [2.24, 2.45) is 0 Å². The van der Waals surface area contributed by atoms with Gasteiger partial charge in [-0.05, 0) is 50.7 Å². The Morgan fingerprint density at radius 3 is 1.79 bits per heavy atom. The summed E-state index contributed by atoms with van der Waals surface area (Å²) in [7, 11) is 25.1. The predicted octanol–water partition coefficient (Wildman–Crippen LogP) is 3.82. The number of anilines is 3. The van der Waals surface area contributed by atoms with Crippen LogP contribution in [0.4, 0.5) is 17.1 Å². The third kappa shape index (κ3) is 5.50. The number of nitrogens with one attached hydrogen (secondary N) is 1. The topological polar surface area (TPSA) is 58.3 Å². The van der Waals surface area contributed by atoms with Gasteiger partial charge in [-0.2, -0.15) is 0 Å². The van der Waals surface area contributed by atoms with Crippen LogP contribution in [-0.4, -0.2) is 36.5 Å². The van der Waals surface area contributed by atoms with Gasteiger partial charge < -0.3 is 16.2 Å². The average Bonchev–Trinajstić information content (AvgIpc) is 2.87. The first kappa shape index (κ1) is 28.5. The summed E-state index contributed by atoms with van der Waals surface area (Å²) in [5, 5.41) is 14.2. The molecule has 0 aromatic heterocycles. The normalized spacial score (nSPS) is 11.9. The molecule has 0 spiro atoms. The second-order valence-corrected chi connectivity index (χ2v) is 12.1. The average molecular weight is 504 g/mol. The van der Waals surface area contributed by atoms with Crippen LogP contribution < -0.4 is 32.9 Å². The van der Waals surface area contributed by atoms with Gasteiger partial charge in [0.2, 0.25) is 0 Å². The van der Waals surface area contributed by atoms with E-state index in [-0.39, 0.29) is 38.4 Å². The van der Waals surface area contributed by atoms with Crippen molar-refractivity contribution in [3.05, 3.63) is 71.8 Å². The van der Waals surface area contributed by atoms with Gasteiger partial charge in [-0.15, -0.1) is 5.46 Å². The molecule has 0 fully saturated rings. The maximum atomic E-state index is 10.7. The van der Waals surface area contributed by atoms with Crippen molar-refractivity contribution < 1.29 is 5.11 Å². The number of hydrogen-bond acceptors (Lipinski definition) is 3. The number of aromatic hydroxyl groups is 1. The van der Waals surface area contributed by atoms with E-state index in [1.54, 1.807) is 0 Å². The largest absolute Gasteiger partial charge is 0.509 e. The number of phenolic OH excluding ortho intramolecular Hbond substituents is 1. The Kier molecular flexibility index (Phi) is 7.51. The molecule has 0 aliphatic carbocycles. The highest BCUT2D eigenvalue weighted by Gasteiger charge is 2.24. The van der Waals surface area contributed by atoms with E-state index >= 15 is 0 Å². The lowest BCUT2D eigenvalue weighted by Crippen LogP contribution is -2.44. The van der Waals surface area contributed by atoms with Gasteiger partial charge in [0, 0.05) is 11.1 Å². The summed E-state index contributed by atoms with van der Waals surface area (Å²) in [6.45, 7) is 13.3. The molecule has 39 heavy (non-hydrogen) atoms. The Hall–Kier alpha value is -3.46. The molecule has 3 nitrogen and oxygen atoms in total. The minimum Gasteiger partial charge on any atom is -0.509 e. The fourth-order valence-electron chi connectivity index (χ4n) is 4.64. The quantitative estimate of drug-likeness (QED) is 0.293. The van der Waals surface area contributed by atoms with Crippen molar-refractivity contribution in [1.29, 1.82) is 0 Å². The van der Waals surface area contributed by atoms with Crippen LogP contribution in [0.5, 0.6) is 5.75 Å². The summed E-state index contributed by atoms with van der Waals surface area (Å²) < 4.78 is 0. The lowest BCUT2D eigenvalue weighted by atomic mass is 9.64. The third-order valence-electron chi connectivity index (χ3n) is 7.16. The molecule has 7 heteroatoms. The summed E-state index contributed by atoms with van der Waals surface area (Å²) >= 11 is 0. The summed E-state index contributed by atoms with van der Waals surface area (Å²) in [6, 6.07) is 20.1. The number of phenols is 1. The second kappa shape index (κ2) is 10.3. The van der Waals surface area contributed by atoms with Gasteiger partial charge in [0.25, 0.3) is 0 Å². The van der Waals surface area contributed by atoms with Crippen molar-refractivity contribution in [2.75, 3.05) is 11.1 Å². The first-order valence-corrected chi connectivity index (χ1v) is 13.0. The summed E-state index contributed by atoms with van der Waals surface area (Å²) in [5.74, 6) is -0.294. The lowest BCUT2D eigenvalue weighted by molar-refractivity contribution is 0.484. The zero-order valence-corrected chi connectivity index (χ0v) is 23.6. The molecule has 0 bridgehead atoms. The van der Waals surface area contributed by atoms with Crippen LogP contribution in [0.25, 0.3) is 22.3 Å². The highest BCUT2D eigenvalue weighted by atomic mass is 16.3. The molecule has 0 saturated heterocycles. The summed E-state index contributed by atoms with van der Waals surface area (Å²) in [4.78, 5) is 0. The lowest BCUT2D eigenvalue weighted by Gasteiger charge is -2.28. The number of nitrogens with two attached hydrogens (primary N) is 1. The number of rotatable bonds is 4. The van der Waals surface area contributed by atoms with Gasteiger partial charge in [0.1, 0.15) is 37.1 Å². The molecule has 4 aromatic rings. The molecule has 0 aliphatic rings. The van der Waals surface area contributed by atoms with Gasteiger partial charge in [0.05, 0.1) is 17.1 Å². The van der Waals surface area contributed by atoms with E-state index in [4.69, 9.17) is 37.1 Å². The highest BCUT2D eigenvalue weighted by molar-refractivity contribution is 6.62. The highest BCUT2D eigenvalue weighted by Crippen LogP contribution is 2.41. The molecule has 8 radical (unpaired) electrons. The Morgan fingerprint density at radius 2 is 1.23 bits per heavy atom. The molecule has 4 N–H and O–H groups in total. The van der Waals surface area contributed by atoms with Gasteiger partial charge in [-0.1, -0.05) is 101 Å². The van der Waals surface area contributed by atoms with E-state index in [2.05, 4.69) is 65.1 Å². The number of hydrogen-bond donors (Lipinski definition) is 3. The van der Waals surface area contributed by atoms with Crippen LogP contribution in [0.3, 0.4) is 0 Å². The standard InChI is InChI=1S/C32H32B4N2O/c1-31(2,3)18-14-17(15-19(16-18)32(4,5)6)20-10-9-11-21(29(20)38-23-13-8-7-12-22(23)37)24-25(33)27(35)28(36)30(39)26(24)34/h7-16,38-39H,37H2,1-6H3. The maximum Gasteiger partial charge on any atom is 0.119 e. The minimum absolute atomic E-state index is 0.0422. The van der Waals surface area contributed by atoms with E-state index in [9.17, 15) is 5.11 Å². The molecule has 4 rings (SSSR count). The van der Waals surface area contributed by atoms with E-state index in [1.165, 1.54) is 11.1 Å². The third-order valence-corrected chi connectivity index (χ3v) is 7.16. The van der Waals surface area contributed by atoms with E-state index in [0.717, 1.165) is 22.5 Å².